The minimum Gasteiger partial charge on any atom is -0.481 e. The Morgan fingerprint density at radius 3 is 2.61 bits per heavy atom. The smallest absolute Gasteiger partial charge is 0.311 e. The molecule has 0 aromatic carbocycles. The molecule has 0 fully saturated rings. The summed E-state index contributed by atoms with van der Waals surface area (Å²) in [5.74, 6) is -2.79. The minimum absolute atomic E-state index is 0.0102. The van der Waals surface area contributed by atoms with Crippen LogP contribution < -0.4 is 0 Å². The van der Waals surface area contributed by atoms with Gasteiger partial charge < -0.3 is 20.1 Å². The van der Waals surface area contributed by atoms with E-state index in [1.54, 1.807) is 0 Å². The molecule has 0 saturated heterocycles. The van der Waals surface area contributed by atoms with Crippen molar-refractivity contribution < 1.29 is 37.9 Å². The number of allylic oxidation sites excluding steroid dienone is 3. The number of ether oxygens (including phenoxy) is 1. The molecule has 0 saturated carbocycles. The summed E-state index contributed by atoms with van der Waals surface area (Å²) in [6, 6.07) is 0. The third-order valence-corrected chi connectivity index (χ3v) is 6.52. The highest BCUT2D eigenvalue weighted by atomic mass is 16.5. The lowest BCUT2D eigenvalue weighted by Gasteiger charge is -2.44. The monoisotopic (exact) mass is 442 g/mol. The number of aliphatic hydroxyl groups is 2. The fourth-order valence-corrected chi connectivity index (χ4v) is 4.71. The second-order valence-corrected chi connectivity index (χ2v) is 9.21. The van der Waals surface area contributed by atoms with Crippen molar-refractivity contribution in [1.82, 2.24) is 0 Å². The van der Waals surface area contributed by atoms with Gasteiger partial charge in [0.1, 0.15) is 6.10 Å². The van der Waals surface area contributed by atoms with Crippen molar-refractivity contribution in [1.29, 1.82) is 0 Å². The number of aliphatic carboxylic acids is 1. The molecule has 3 N–H and O–H groups in total. The Labute approximate surface area is 194 Å². The number of hydrogen-bond donors (Lipinski definition) is 3. The molecule has 0 bridgehead atoms. The zero-order valence-corrected chi connectivity index (χ0v) is 18.6. The van der Waals surface area contributed by atoms with Crippen LogP contribution in [0.25, 0.3) is 0 Å². The Morgan fingerprint density at radius 1 is 1.29 bits per heavy atom. The van der Waals surface area contributed by atoms with Crippen molar-refractivity contribution in [3.8, 4) is 0 Å². The number of rotatable bonds is 10. The summed E-state index contributed by atoms with van der Waals surface area (Å²) in [4.78, 5) is 24.2. The van der Waals surface area contributed by atoms with Gasteiger partial charge in [-0.05, 0) is 69.1 Å². The lowest BCUT2D eigenvalue weighted by Crippen LogP contribution is -2.43. The second-order valence-electron chi connectivity index (χ2n) is 9.21. The fraction of sp³-hybridized carbons (Fsp3) is 0.760. The molecule has 176 valence electrons. The molecule has 6 heteroatoms. The number of aliphatic hydroxyl groups excluding tert-OH is 2. The van der Waals surface area contributed by atoms with Gasteiger partial charge >= 0.3 is 11.9 Å². The predicted molar refractivity (Wildman–Crippen MR) is 119 cm³/mol. The highest BCUT2D eigenvalue weighted by Gasteiger charge is 2.42. The average molecular weight is 443 g/mol. The van der Waals surface area contributed by atoms with Crippen LogP contribution in [0.5, 0.6) is 0 Å². The number of esters is 1. The molecule has 0 aromatic heterocycles. The van der Waals surface area contributed by atoms with Crippen LogP contribution in [-0.2, 0) is 14.3 Å². The number of carboxylic acid groups (broad SMARTS) is 1. The first kappa shape index (κ1) is 17.8. The Hall–Kier alpha value is -1.66. The predicted octanol–water partition coefficient (Wildman–Crippen LogP) is 4.11. The fourth-order valence-electron chi connectivity index (χ4n) is 4.71. The maximum Gasteiger partial charge on any atom is 0.311 e. The van der Waals surface area contributed by atoms with Crippen LogP contribution in [0.15, 0.2) is 23.8 Å². The van der Waals surface area contributed by atoms with Gasteiger partial charge in [-0.2, -0.15) is 0 Å². The molecule has 0 radical (unpaired) electrons. The van der Waals surface area contributed by atoms with Gasteiger partial charge in [-0.25, -0.2) is 0 Å². The lowest BCUT2D eigenvalue weighted by molar-refractivity contribution is -0.164. The Morgan fingerprint density at radius 2 is 2.00 bits per heavy atom. The average Bonchev–Trinajstić information content (AvgIpc) is 2.71. The molecular formula is C25H40O6. The summed E-state index contributed by atoms with van der Waals surface area (Å²) in [5.41, 5.74) is -1.72. The molecule has 31 heavy (non-hydrogen) atoms. The Balaban J connectivity index is 2.31. The number of hydrogen-bond acceptors (Lipinski definition) is 5. The highest BCUT2D eigenvalue weighted by molar-refractivity contribution is 5.76. The van der Waals surface area contributed by atoms with Crippen LogP contribution in [0.1, 0.15) is 81.2 Å². The van der Waals surface area contributed by atoms with E-state index >= 15 is 0 Å². The van der Waals surface area contributed by atoms with Crippen LogP contribution in [0.3, 0.4) is 0 Å². The maximum atomic E-state index is 13.4. The van der Waals surface area contributed by atoms with E-state index in [9.17, 15) is 19.8 Å². The van der Waals surface area contributed by atoms with E-state index in [0.29, 0.717) is 12.8 Å². The summed E-state index contributed by atoms with van der Waals surface area (Å²) in [6.07, 6.45) is 3.39. The standard InChI is InChI=1S/C25H40O6/c1-6-25(4,5)24(30)31-21-12-15(2)11-17-8-7-16(3)20(23(17)21)10-9-18(26)13-19(27)14-22(28)29/h7-8,11,15-16,18-21,23,26-27H,6,9-10,12-14H2,1-5H3,(H,28,29)/t15-,16-,18+,19+,20-,21-,23-/m0/s1/i4D3,5D3. The van der Waals surface area contributed by atoms with Gasteiger partial charge in [0, 0.05) is 14.1 Å². The summed E-state index contributed by atoms with van der Waals surface area (Å²) in [6.45, 7) is -0.893. The first-order valence-electron chi connectivity index (χ1n) is 14.1. The van der Waals surface area contributed by atoms with E-state index in [0.717, 1.165) is 5.57 Å². The zero-order valence-electron chi connectivity index (χ0n) is 24.6. The highest BCUT2D eigenvalue weighted by Crippen LogP contribution is 2.45. The molecule has 0 aromatic rings. The summed E-state index contributed by atoms with van der Waals surface area (Å²) in [7, 11) is 0. The normalized spacial score (nSPS) is 33.8. The van der Waals surface area contributed by atoms with E-state index < -0.39 is 62.2 Å². The van der Waals surface area contributed by atoms with E-state index in [1.165, 1.54) is 6.92 Å². The SMILES string of the molecule is [2H]C([2H])([2H])C(CC)(C(=O)O[C@H]1C[C@@H](C)C=C2C=C[C@H](C)[C@H](CC[C@@H](O)C[C@@H](O)CC(=O)O)[C@H]21)C([2H])([2H])[2H]. The molecule has 2 aliphatic carbocycles. The minimum atomic E-state index is -3.09. The van der Waals surface area contributed by atoms with Crippen LogP contribution in [0.4, 0.5) is 0 Å². The van der Waals surface area contributed by atoms with Gasteiger partial charge in [0.15, 0.2) is 0 Å². The molecule has 6 nitrogen and oxygen atoms in total. The van der Waals surface area contributed by atoms with Gasteiger partial charge in [0.25, 0.3) is 0 Å². The van der Waals surface area contributed by atoms with E-state index in [4.69, 9.17) is 18.1 Å². The summed E-state index contributed by atoms with van der Waals surface area (Å²) >= 11 is 0. The molecule has 7 atom stereocenters. The Kier molecular flexibility index (Phi) is 6.20. The van der Waals surface area contributed by atoms with Gasteiger partial charge in [0.05, 0.1) is 24.0 Å². The molecule has 0 amide bonds. The third kappa shape index (κ3) is 6.91. The van der Waals surface area contributed by atoms with Crippen molar-refractivity contribution in [2.75, 3.05) is 0 Å². The molecule has 0 unspecified atom stereocenters. The van der Waals surface area contributed by atoms with Gasteiger partial charge in [0.2, 0.25) is 0 Å². The van der Waals surface area contributed by atoms with Crippen molar-refractivity contribution in [2.24, 2.45) is 29.1 Å². The number of fused-ring (bicyclic) bond motifs is 1. The van der Waals surface area contributed by atoms with E-state index in [-0.39, 0.29) is 36.5 Å². The molecule has 0 aliphatic heterocycles. The topological polar surface area (TPSA) is 104 Å². The second kappa shape index (κ2) is 10.8. The van der Waals surface area contributed by atoms with E-state index in [2.05, 4.69) is 6.08 Å². The Bertz CT molecular complexity index is 866. The van der Waals surface area contributed by atoms with Crippen molar-refractivity contribution >= 4 is 11.9 Å². The van der Waals surface area contributed by atoms with Crippen molar-refractivity contribution in [3.05, 3.63) is 23.8 Å². The molecule has 2 aliphatic rings. The first-order chi connectivity index (χ1) is 16.9. The quantitative estimate of drug-likeness (QED) is 0.440. The van der Waals surface area contributed by atoms with Gasteiger partial charge in [-0.1, -0.05) is 39.0 Å². The van der Waals surface area contributed by atoms with Gasteiger partial charge in [-0.3, -0.25) is 9.59 Å². The summed E-state index contributed by atoms with van der Waals surface area (Å²) in [5, 5.41) is 29.1. The van der Waals surface area contributed by atoms with Crippen molar-refractivity contribution in [3.63, 3.8) is 0 Å². The maximum absolute atomic E-state index is 13.4. The van der Waals surface area contributed by atoms with Crippen molar-refractivity contribution in [2.45, 2.75) is 91.3 Å². The zero-order chi connectivity index (χ0) is 28.3. The van der Waals surface area contributed by atoms with Crippen LogP contribution in [0, 0.1) is 29.1 Å². The van der Waals surface area contributed by atoms with E-state index in [1.807, 2.05) is 26.0 Å². The molecule has 0 spiro atoms. The van der Waals surface area contributed by atoms with Crippen LogP contribution >= 0.6 is 0 Å². The molecular weight excluding hydrogens is 396 g/mol. The van der Waals surface area contributed by atoms with Gasteiger partial charge in [-0.15, -0.1) is 0 Å². The van der Waals surface area contributed by atoms with Crippen LogP contribution in [0.2, 0.25) is 0 Å². The number of carbonyl (C=O) groups excluding carboxylic acids is 1. The number of carboxylic acids is 1. The summed E-state index contributed by atoms with van der Waals surface area (Å²) < 4.78 is 53.3. The lowest BCUT2D eigenvalue weighted by atomic mass is 9.65. The number of carbonyl (C=O) groups is 2. The molecule has 0 heterocycles. The first-order valence-corrected chi connectivity index (χ1v) is 11.1. The molecule has 2 rings (SSSR count). The largest absolute Gasteiger partial charge is 0.481 e. The third-order valence-electron chi connectivity index (χ3n) is 6.52. The van der Waals surface area contributed by atoms with Crippen LogP contribution in [-0.4, -0.2) is 45.6 Å².